The van der Waals surface area contributed by atoms with Gasteiger partial charge in [0.25, 0.3) is 0 Å². The van der Waals surface area contributed by atoms with Gasteiger partial charge in [-0.25, -0.2) is 13.4 Å². The maximum absolute atomic E-state index is 14.0. The Hall–Kier alpha value is -2.89. The summed E-state index contributed by atoms with van der Waals surface area (Å²) in [6.07, 6.45) is 5.67. The van der Waals surface area contributed by atoms with Crippen molar-refractivity contribution in [2.75, 3.05) is 68.1 Å². The maximum atomic E-state index is 14.0. The zero-order chi connectivity index (χ0) is 28.6. The number of carbonyl (C=O) groups excluding carboxylic acids is 1. The first-order valence-corrected chi connectivity index (χ1v) is 16.1. The molecule has 1 aliphatic carbocycles. The quantitative estimate of drug-likeness (QED) is 0.353. The van der Waals surface area contributed by atoms with Crippen LogP contribution < -0.4 is 14.5 Å². The zero-order valence-electron chi connectivity index (χ0n) is 23.6. The highest BCUT2D eigenvalue weighted by atomic mass is 35.5. The molecule has 1 saturated heterocycles. The van der Waals surface area contributed by atoms with Gasteiger partial charge >= 0.3 is 0 Å². The number of carbonyl (C=O) groups is 1. The summed E-state index contributed by atoms with van der Waals surface area (Å²) in [6.45, 7) is 3.72. The highest BCUT2D eigenvalue weighted by Crippen LogP contribution is 2.41. The number of nitrogens with zero attached hydrogens (tertiary/aromatic N) is 6. The number of hydrogen-bond donors (Lipinski definition) is 1. The van der Waals surface area contributed by atoms with Crippen molar-refractivity contribution in [3.05, 3.63) is 46.6 Å². The molecule has 0 bridgehead atoms. The van der Waals surface area contributed by atoms with Gasteiger partial charge in [0.2, 0.25) is 10.0 Å². The van der Waals surface area contributed by atoms with E-state index in [9.17, 15) is 13.2 Å². The van der Waals surface area contributed by atoms with Crippen molar-refractivity contribution in [1.82, 2.24) is 19.5 Å². The first-order valence-electron chi connectivity index (χ1n) is 13.8. The maximum Gasteiger partial charge on any atom is 0.229 e. The number of Topliss-reactive ketones (excluding diaryl/α,β-unsaturated/α-hetero) is 1. The van der Waals surface area contributed by atoms with E-state index in [2.05, 4.69) is 46.6 Å². The number of aromatic nitrogens is 3. The molecule has 1 saturated carbocycles. The molecule has 1 unspecified atom stereocenters. The second-order valence-electron chi connectivity index (χ2n) is 11.3. The van der Waals surface area contributed by atoms with Gasteiger partial charge in [0.15, 0.2) is 11.4 Å². The predicted molar refractivity (Wildman–Crippen MR) is 161 cm³/mol. The average molecular weight is 588 g/mol. The van der Waals surface area contributed by atoms with E-state index in [1.54, 1.807) is 18.2 Å². The number of halogens is 1. The predicted octanol–water partition coefficient (Wildman–Crippen LogP) is 4.12. The lowest BCUT2D eigenvalue weighted by Gasteiger charge is -2.33. The molecule has 3 heterocycles. The van der Waals surface area contributed by atoms with Crippen molar-refractivity contribution >= 4 is 50.4 Å². The summed E-state index contributed by atoms with van der Waals surface area (Å²) < 4.78 is 28.4. The molecular weight excluding hydrogens is 550 g/mol. The molecule has 1 aliphatic heterocycles. The normalized spacial score (nSPS) is 19.6. The number of benzene rings is 1. The molecule has 2 fully saturated rings. The molecule has 10 nitrogen and oxygen atoms in total. The van der Waals surface area contributed by atoms with Crippen LogP contribution in [0.25, 0.3) is 5.65 Å². The fraction of sp³-hybridized carbons (Fsp3) is 0.536. The second kappa shape index (κ2) is 11.5. The van der Waals surface area contributed by atoms with Crippen molar-refractivity contribution in [3.8, 4) is 0 Å². The number of nitrogens with one attached hydrogen (secondary N) is 1. The van der Waals surface area contributed by atoms with Crippen molar-refractivity contribution in [2.24, 2.45) is 5.92 Å². The van der Waals surface area contributed by atoms with Gasteiger partial charge in [0, 0.05) is 67.8 Å². The zero-order valence-corrected chi connectivity index (χ0v) is 25.2. The molecule has 3 aromatic rings. The minimum absolute atomic E-state index is 0.111. The lowest BCUT2D eigenvalue weighted by Crippen LogP contribution is -2.38. The molecule has 216 valence electrons. The van der Waals surface area contributed by atoms with Crippen LogP contribution in [0.2, 0.25) is 5.02 Å². The van der Waals surface area contributed by atoms with E-state index in [0.717, 1.165) is 81.1 Å². The lowest BCUT2D eigenvalue weighted by atomic mass is 9.74. The summed E-state index contributed by atoms with van der Waals surface area (Å²) in [5.74, 6) is 1.34. The van der Waals surface area contributed by atoms with E-state index in [1.165, 1.54) is 0 Å². The largest absolute Gasteiger partial charge is 0.358 e. The van der Waals surface area contributed by atoms with Crippen LogP contribution in [0, 0.1) is 5.92 Å². The Morgan fingerprint density at radius 1 is 1.07 bits per heavy atom. The third-order valence-electron chi connectivity index (χ3n) is 7.89. The Morgan fingerprint density at radius 2 is 1.82 bits per heavy atom. The highest BCUT2D eigenvalue weighted by molar-refractivity contribution is 7.92. The van der Waals surface area contributed by atoms with Crippen molar-refractivity contribution in [3.63, 3.8) is 0 Å². The Balaban J connectivity index is 1.53. The van der Waals surface area contributed by atoms with E-state index in [4.69, 9.17) is 21.7 Å². The second-order valence-corrected chi connectivity index (χ2v) is 13.5. The van der Waals surface area contributed by atoms with Crippen LogP contribution in [0.15, 0.2) is 30.3 Å². The summed E-state index contributed by atoms with van der Waals surface area (Å²) in [4.78, 5) is 25.6. The monoisotopic (exact) mass is 587 g/mol. The van der Waals surface area contributed by atoms with Crippen LogP contribution in [0.4, 0.5) is 17.3 Å². The molecule has 5 rings (SSSR count). The van der Waals surface area contributed by atoms with Gasteiger partial charge < -0.3 is 14.7 Å². The average Bonchev–Trinajstić information content (AvgIpc) is 3.29. The number of ketones is 1. The van der Waals surface area contributed by atoms with Crippen LogP contribution in [0.3, 0.4) is 0 Å². The Bertz CT molecular complexity index is 1500. The van der Waals surface area contributed by atoms with Gasteiger partial charge in [-0.1, -0.05) is 24.4 Å². The van der Waals surface area contributed by atoms with Gasteiger partial charge in [-0.2, -0.15) is 9.61 Å². The molecule has 40 heavy (non-hydrogen) atoms. The number of hydrogen-bond acceptors (Lipinski definition) is 8. The molecule has 2 aromatic heterocycles. The third-order valence-corrected chi connectivity index (χ3v) is 8.72. The van der Waals surface area contributed by atoms with E-state index < -0.39 is 10.0 Å². The molecular formula is C28H38ClN7O3S. The summed E-state index contributed by atoms with van der Waals surface area (Å²) >= 11 is 6.26. The van der Waals surface area contributed by atoms with Gasteiger partial charge in [-0.15, -0.1) is 0 Å². The molecule has 1 N–H and O–H groups in total. The topological polar surface area (TPSA) is 103 Å². The van der Waals surface area contributed by atoms with Crippen LogP contribution >= 0.6 is 11.6 Å². The number of rotatable bonds is 10. The SMILES string of the molecule is CN(C)CCN(C)c1cc(N2CCC2)nc2cc([C@@H]3CCCCC3C(=O)c3cc(Cl)ccc3NS(C)(=O)=O)nn12. The molecule has 0 spiro atoms. The molecule has 12 heteroatoms. The van der Waals surface area contributed by atoms with Gasteiger partial charge in [-0.05, 0) is 51.6 Å². The van der Waals surface area contributed by atoms with Crippen LogP contribution in [-0.2, 0) is 10.0 Å². The fourth-order valence-corrected chi connectivity index (χ4v) is 6.35. The van der Waals surface area contributed by atoms with E-state index >= 15 is 0 Å². The van der Waals surface area contributed by atoms with Gasteiger partial charge in [0.05, 0.1) is 17.6 Å². The summed E-state index contributed by atoms with van der Waals surface area (Å²) in [5, 5.41) is 5.43. The van der Waals surface area contributed by atoms with E-state index in [0.29, 0.717) is 17.0 Å². The third kappa shape index (κ3) is 6.21. The summed E-state index contributed by atoms with van der Waals surface area (Å²) in [5.41, 5.74) is 2.15. The van der Waals surface area contributed by atoms with Crippen molar-refractivity contribution in [1.29, 1.82) is 0 Å². The molecule has 0 radical (unpaired) electrons. The smallest absolute Gasteiger partial charge is 0.229 e. The first kappa shape index (κ1) is 28.6. The van der Waals surface area contributed by atoms with E-state index in [-0.39, 0.29) is 23.3 Å². The standard InChI is InChI=1S/C28H38ClN7O3S/c1-33(2)14-15-34(3)27-18-25(35-12-7-13-35)30-26-17-24(31-36(26)27)20-8-5-6-9-21(20)28(37)22-16-19(29)10-11-23(22)32-40(4,38)39/h10-11,16-18,20-21,32H,5-9,12-15H2,1-4H3/t20-,21?/m1/s1. The fourth-order valence-electron chi connectivity index (χ4n) is 5.60. The van der Waals surface area contributed by atoms with Gasteiger partial charge in [-0.3, -0.25) is 9.52 Å². The summed E-state index contributed by atoms with van der Waals surface area (Å²) in [7, 11) is 2.62. The number of sulfonamides is 1. The molecule has 2 aliphatic rings. The van der Waals surface area contributed by atoms with E-state index in [1.807, 2.05) is 10.6 Å². The van der Waals surface area contributed by atoms with Crippen LogP contribution in [0.5, 0.6) is 0 Å². The number of likely N-dealkylation sites (N-methyl/N-ethyl adjacent to an activating group) is 2. The summed E-state index contributed by atoms with van der Waals surface area (Å²) in [6, 6.07) is 8.83. The minimum Gasteiger partial charge on any atom is -0.358 e. The molecule has 0 amide bonds. The molecule has 2 atom stereocenters. The Labute approximate surface area is 241 Å². The van der Waals surface area contributed by atoms with Gasteiger partial charge in [0.1, 0.15) is 11.6 Å². The van der Waals surface area contributed by atoms with Crippen LogP contribution in [-0.4, -0.2) is 87.3 Å². The Morgan fingerprint density at radius 3 is 2.50 bits per heavy atom. The minimum atomic E-state index is -3.57. The number of anilines is 3. The Kier molecular flexibility index (Phi) is 8.26. The number of fused-ring (bicyclic) bond motifs is 1. The highest BCUT2D eigenvalue weighted by Gasteiger charge is 2.36. The first-order chi connectivity index (χ1) is 19.0. The molecule has 1 aromatic carbocycles. The van der Waals surface area contributed by atoms with Crippen LogP contribution in [0.1, 0.15) is 54.1 Å². The lowest BCUT2D eigenvalue weighted by molar-refractivity contribution is 0.0867. The van der Waals surface area contributed by atoms with Crippen molar-refractivity contribution < 1.29 is 13.2 Å². The van der Waals surface area contributed by atoms with Crippen molar-refractivity contribution in [2.45, 2.75) is 38.0 Å².